The Bertz CT molecular complexity index is 717. The van der Waals surface area contributed by atoms with E-state index >= 15 is 0 Å². The summed E-state index contributed by atoms with van der Waals surface area (Å²) in [6.07, 6.45) is 1.54. The van der Waals surface area contributed by atoms with Crippen LogP contribution in [0.15, 0.2) is 22.8 Å². The van der Waals surface area contributed by atoms with Crippen molar-refractivity contribution in [1.82, 2.24) is 14.7 Å². The number of ether oxygens (including phenoxy) is 1. The molecule has 130 valence electrons. The first kappa shape index (κ1) is 16.8. The van der Waals surface area contributed by atoms with Gasteiger partial charge in [-0.3, -0.25) is 9.48 Å². The van der Waals surface area contributed by atoms with Crippen LogP contribution < -0.4 is 0 Å². The summed E-state index contributed by atoms with van der Waals surface area (Å²) in [5, 5.41) is 4.48. The van der Waals surface area contributed by atoms with E-state index in [0.717, 1.165) is 17.0 Å². The average molecular weight is 331 g/mol. The van der Waals surface area contributed by atoms with Crippen molar-refractivity contribution in [3.63, 3.8) is 0 Å². The van der Waals surface area contributed by atoms with E-state index < -0.39 is 0 Å². The van der Waals surface area contributed by atoms with Crippen LogP contribution in [0.2, 0.25) is 0 Å². The van der Waals surface area contributed by atoms with Gasteiger partial charge >= 0.3 is 0 Å². The number of nitrogens with zero attached hydrogens (tertiary/aromatic N) is 3. The molecule has 1 unspecified atom stereocenters. The molecule has 0 N–H and O–H groups in total. The van der Waals surface area contributed by atoms with Gasteiger partial charge < -0.3 is 14.1 Å². The number of aromatic nitrogens is 2. The van der Waals surface area contributed by atoms with Gasteiger partial charge in [0.15, 0.2) is 5.76 Å². The maximum absolute atomic E-state index is 12.8. The lowest BCUT2D eigenvalue weighted by atomic mass is 10.0. The van der Waals surface area contributed by atoms with E-state index in [9.17, 15) is 4.79 Å². The molecule has 1 saturated heterocycles. The molecule has 1 aliphatic heterocycles. The van der Waals surface area contributed by atoms with Gasteiger partial charge in [-0.05, 0) is 31.9 Å². The van der Waals surface area contributed by atoms with E-state index in [0.29, 0.717) is 32.0 Å². The standard InChI is InChI=1S/C18H25N3O3/c1-12(2)16-5-7-24-17(16)18(22)20-6-8-23-15(10-20)11-21-14(4)9-13(3)19-21/h5,7,9,12,15H,6,8,10-11H2,1-4H3. The van der Waals surface area contributed by atoms with E-state index in [4.69, 9.17) is 9.15 Å². The lowest BCUT2D eigenvalue weighted by molar-refractivity contribution is -0.0311. The SMILES string of the molecule is Cc1cc(C)n(CC2CN(C(=O)c3occc3C(C)C)CCO2)n1. The second-order valence-corrected chi connectivity index (χ2v) is 6.71. The van der Waals surface area contributed by atoms with Gasteiger partial charge in [0.2, 0.25) is 0 Å². The number of hydrogen-bond donors (Lipinski definition) is 0. The van der Waals surface area contributed by atoms with Gasteiger partial charge in [0, 0.05) is 24.3 Å². The summed E-state index contributed by atoms with van der Waals surface area (Å²) in [5.41, 5.74) is 3.06. The maximum atomic E-state index is 12.8. The average Bonchev–Trinajstić information content (AvgIpc) is 3.14. The Morgan fingerprint density at radius 1 is 1.42 bits per heavy atom. The summed E-state index contributed by atoms with van der Waals surface area (Å²) in [6, 6.07) is 3.93. The zero-order chi connectivity index (χ0) is 17.3. The quantitative estimate of drug-likeness (QED) is 0.864. The zero-order valence-electron chi connectivity index (χ0n) is 14.8. The summed E-state index contributed by atoms with van der Waals surface area (Å²) < 4.78 is 13.2. The third-order valence-electron chi connectivity index (χ3n) is 4.42. The second kappa shape index (κ2) is 6.81. The van der Waals surface area contributed by atoms with Crippen molar-refractivity contribution in [2.75, 3.05) is 19.7 Å². The van der Waals surface area contributed by atoms with Gasteiger partial charge in [-0.25, -0.2) is 0 Å². The van der Waals surface area contributed by atoms with Crippen LogP contribution in [-0.2, 0) is 11.3 Å². The Labute approximate surface area is 142 Å². The summed E-state index contributed by atoms with van der Waals surface area (Å²) in [5.74, 6) is 0.663. The minimum Gasteiger partial charge on any atom is -0.459 e. The Kier molecular flexibility index (Phi) is 4.76. The van der Waals surface area contributed by atoms with Crippen molar-refractivity contribution in [3.05, 3.63) is 41.1 Å². The first-order valence-corrected chi connectivity index (χ1v) is 8.45. The molecule has 1 fully saturated rings. The first-order chi connectivity index (χ1) is 11.5. The summed E-state index contributed by atoms with van der Waals surface area (Å²) >= 11 is 0. The Balaban J connectivity index is 1.70. The van der Waals surface area contributed by atoms with Gasteiger partial charge in [-0.2, -0.15) is 5.10 Å². The first-order valence-electron chi connectivity index (χ1n) is 8.45. The normalized spacial score (nSPS) is 18.4. The molecule has 24 heavy (non-hydrogen) atoms. The van der Waals surface area contributed by atoms with Crippen LogP contribution in [0.1, 0.15) is 47.3 Å². The molecular formula is C18H25N3O3. The predicted octanol–water partition coefficient (Wildman–Crippen LogP) is 2.76. The number of hydrogen-bond acceptors (Lipinski definition) is 4. The molecule has 0 aliphatic carbocycles. The number of furan rings is 1. The smallest absolute Gasteiger partial charge is 0.290 e. The van der Waals surface area contributed by atoms with E-state index in [2.05, 4.69) is 18.9 Å². The topological polar surface area (TPSA) is 60.5 Å². The minimum absolute atomic E-state index is 0.0506. The molecule has 1 atom stereocenters. The highest BCUT2D eigenvalue weighted by Crippen LogP contribution is 2.23. The van der Waals surface area contributed by atoms with Gasteiger partial charge in [0.1, 0.15) is 0 Å². The molecule has 3 heterocycles. The van der Waals surface area contributed by atoms with E-state index in [-0.39, 0.29) is 17.9 Å². The number of morpholine rings is 1. The van der Waals surface area contributed by atoms with Crippen LogP contribution in [0.25, 0.3) is 0 Å². The van der Waals surface area contributed by atoms with Crippen molar-refractivity contribution in [2.45, 2.75) is 46.3 Å². The molecule has 1 aliphatic rings. The van der Waals surface area contributed by atoms with E-state index in [1.807, 2.05) is 35.6 Å². The second-order valence-electron chi connectivity index (χ2n) is 6.71. The van der Waals surface area contributed by atoms with Crippen LogP contribution in [0.3, 0.4) is 0 Å². The van der Waals surface area contributed by atoms with Gasteiger partial charge in [-0.15, -0.1) is 0 Å². The fraction of sp³-hybridized carbons (Fsp3) is 0.556. The molecule has 1 amide bonds. The molecule has 6 heteroatoms. The monoisotopic (exact) mass is 331 g/mol. The molecule has 6 nitrogen and oxygen atoms in total. The number of aryl methyl sites for hydroxylation is 2. The van der Waals surface area contributed by atoms with Gasteiger partial charge in [-0.1, -0.05) is 13.8 Å². The Hall–Kier alpha value is -2.08. The summed E-state index contributed by atoms with van der Waals surface area (Å²) in [6.45, 7) is 10.5. The van der Waals surface area contributed by atoms with Crippen LogP contribution in [0.5, 0.6) is 0 Å². The van der Waals surface area contributed by atoms with Gasteiger partial charge in [0.05, 0.1) is 31.2 Å². The highest BCUT2D eigenvalue weighted by atomic mass is 16.5. The molecule has 3 rings (SSSR count). The highest BCUT2D eigenvalue weighted by Gasteiger charge is 2.29. The third-order valence-corrected chi connectivity index (χ3v) is 4.42. The van der Waals surface area contributed by atoms with Crippen molar-refractivity contribution in [2.24, 2.45) is 0 Å². The molecule has 0 saturated carbocycles. The van der Waals surface area contributed by atoms with Crippen molar-refractivity contribution >= 4 is 5.91 Å². The van der Waals surface area contributed by atoms with Crippen LogP contribution in [0, 0.1) is 13.8 Å². The molecule has 0 aromatic carbocycles. The molecule has 2 aromatic rings. The number of rotatable bonds is 4. The minimum atomic E-state index is -0.0573. The Morgan fingerprint density at radius 2 is 2.21 bits per heavy atom. The highest BCUT2D eigenvalue weighted by molar-refractivity contribution is 5.93. The number of carbonyl (C=O) groups excluding carboxylic acids is 1. The molecule has 2 aromatic heterocycles. The van der Waals surface area contributed by atoms with Crippen molar-refractivity contribution in [3.8, 4) is 0 Å². The lowest BCUT2D eigenvalue weighted by Gasteiger charge is -2.32. The van der Waals surface area contributed by atoms with E-state index in [1.165, 1.54) is 0 Å². The fourth-order valence-corrected chi connectivity index (χ4v) is 3.16. The summed E-state index contributed by atoms with van der Waals surface area (Å²) in [4.78, 5) is 14.6. The zero-order valence-corrected chi connectivity index (χ0v) is 14.8. The van der Waals surface area contributed by atoms with Crippen molar-refractivity contribution < 1.29 is 13.9 Å². The molecule has 0 spiro atoms. The molecular weight excluding hydrogens is 306 g/mol. The fourth-order valence-electron chi connectivity index (χ4n) is 3.16. The van der Waals surface area contributed by atoms with Crippen LogP contribution in [-0.4, -0.2) is 46.4 Å². The van der Waals surface area contributed by atoms with Gasteiger partial charge in [0.25, 0.3) is 5.91 Å². The number of carbonyl (C=O) groups is 1. The van der Waals surface area contributed by atoms with Crippen LogP contribution in [0.4, 0.5) is 0 Å². The lowest BCUT2D eigenvalue weighted by Crippen LogP contribution is -2.47. The largest absolute Gasteiger partial charge is 0.459 e. The summed E-state index contributed by atoms with van der Waals surface area (Å²) in [7, 11) is 0. The Morgan fingerprint density at radius 3 is 2.88 bits per heavy atom. The van der Waals surface area contributed by atoms with Crippen LogP contribution >= 0.6 is 0 Å². The third kappa shape index (κ3) is 3.38. The van der Waals surface area contributed by atoms with E-state index in [1.54, 1.807) is 6.26 Å². The predicted molar refractivity (Wildman–Crippen MR) is 90.1 cm³/mol. The maximum Gasteiger partial charge on any atom is 0.290 e. The number of amides is 1. The molecule has 0 radical (unpaired) electrons. The molecule has 0 bridgehead atoms. The van der Waals surface area contributed by atoms with Crippen molar-refractivity contribution in [1.29, 1.82) is 0 Å².